The van der Waals surface area contributed by atoms with Crippen molar-refractivity contribution in [3.63, 3.8) is 0 Å². The number of hydrogen-bond donors (Lipinski definition) is 0. The Hall–Kier alpha value is -2.27. The fourth-order valence-corrected chi connectivity index (χ4v) is 3.16. The molecule has 1 atom stereocenters. The van der Waals surface area contributed by atoms with Crippen molar-refractivity contribution in [1.29, 1.82) is 0 Å². The molecule has 2 aromatic rings. The van der Waals surface area contributed by atoms with Gasteiger partial charge in [-0.3, -0.25) is 0 Å². The molecule has 11 heteroatoms. The highest BCUT2D eigenvalue weighted by molar-refractivity contribution is 9.12. The van der Waals surface area contributed by atoms with E-state index in [1.54, 1.807) is 18.2 Å². The van der Waals surface area contributed by atoms with Gasteiger partial charge in [0, 0.05) is 11.2 Å². The molecule has 0 heterocycles. The number of esters is 1. The second-order valence-corrected chi connectivity index (χ2v) is 8.13. The minimum absolute atomic E-state index is 0.342. The molecule has 0 N–H and O–H groups in total. The zero-order valence-corrected chi connectivity index (χ0v) is 15.7. The fraction of sp³-hybridized carbons (Fsp3) is 0.0625. The molecule has 0 aliphatic carbocycles. The number of carbonyl (C=O) groups is 1. The highest BCUT2D eigenvalue weighted by Gasteiger charge is 2.29. The third-order valence-corrected chi connectivity index (χ3v) is 5.29. The van der Waals surface area contributed by atoms with Gasteiger partial charge in [-0.05, 0) is 28.1 Å². The van der Waals surface area contributed by atoms with Crippen molar-refractivity contribution in [2.45, 2.75) is 4.90 Å². The number of rotatable bonds is 4. The molecule has 0 fully saturated rings. The lowest BCUT2D eigenvalue weighted by atomic mass is 10.2. The molecule has 0 spiro atoms. The zero-order valence-electron chi connectivity index (χ0n) is 13.3. The topological polar surface area (TPSA) is 55.7 Å². The first-order chi connectivity index (χ1) is 12.6. The molecule has 0 saturated heterocycles. The largest absolute Gasteiger partial charge is 0.416 e. The van der Waals surface area contributed by atoms with Gasteiger partial charge < -0.3 is 4.74 Å². The molecule has 0 bridgehead atoms. The quantitative estimate of drug-likeness (QED) is 0.163. The summed E-state index contributed by atoms with van der Waals surface area (Å²) < 4.78 is 86.1. The van der Waals surface area contributed by atoms with Crippen molar-refractivity contribution >= 4 is 31.6 Å². The smallest absolute Gasteiger partial charge is 0.352 e. The first-order valence-electron chi connectivity index (χ1n) is 6.92. The molecule has 0 saturated carbocycles. The van der Waals surface area contributed by atoms with E-state index in [4.69, 9.17) is 0 Å². The van der Waals surface area contributed by atoms with Gasteiger partial charge in [-0.2, -0.15) is 8.78 Å². The molecule has 0 aliphatic heterocycles. The Kier molecular flexibility index (Phi) is 6.37. The summed E-state index contributed by atoms with van der Waals surface area (Å²) in [4.78, 5) is 12.2. The maximum Gasteiger partial charge on any atom is 0.352 e. The van der Waals surface area contributed by atoms with Crippen LogP contribution in [-0.2, 0) is 14.5 Å². The van der Waals surface area contributed by atoms with Crippen LogP contribution in [0.15, 0.2) is 50.3 Å². The summed E-state index contributed by atoms with van der Waals surface area (Å²) in [6.07, 6.45) is 2.03. The Balaban J connectivity index is 2.33. The van der Waals surface area contributed by atoms with Gasteiger partial charge >= 0.3 is 5.97 Å². The third-order valence-electron chi connectivity index (χ3n) is 3.11. The Morgan fingerprint density at radius 1 is 1.00 bits per heavy atom. The third kappa shape index (κ3) is 4.53. The van der Waals surface area contributed by atoms with E-state index in [1.165, 1.54) is 18.4 Å². The van der Waals surface area contributed by atoms with Crippen LogP contribution >= 0.6 is 15.9 Å². The Bertz CT molecular complexity index is 1020. The van der Waals surface area contributed by atoms with Gasteiger partial charge in [0.25, 0.3) is 0 Å². The van der Waals surface area contributed by atoms with E-state index in [0.29, 0.717) is 4.90 Å². The average molecular weight is 470 g/mol. The van der Waals surface area contributed by atoms with Crippen LogP contribution in [0, 0.1) is 29.1 Å². The highest BCUT2D eigenvalue weighted by Crippen LogP contribution is 2.30. The molecule has 2 rings (SSSR count). The minimum Gasteiger partial charge on any atom is -0.416 e. The van der Waals surface area contributed by atoms with Crippen molar-refractivity contribution in [2.75, 3.05) is 6.26 Å². The zero-order chi connectivity index (χ0) is 20.4. The van der Waals surface area contributed by atoms with E-state index in [9.17, 15) is 31.0 Å². The normalized spacial score (nSPS) is 13.8. The molecular formula is C16H9BrF5NO3S. The van der Waals surface area contributed by atoms with E-state index in [1.807, 2.05) is 0 Å². The standard InChI is InChI=1S/C16H9BrF5NO3S/c1-27(25,8-5-3-2-4-6-8)23-7-9(17)16(24)26-15-13(21)11(19)10(18)12(20)14(15)22/h2-7H,1H3/b9-7-. The van der Waals surface area contributed by atoms with Crippen molar-refractivity contribution in [1.82, 2.24) is 0 Å². The first kappa shape index (κ1) is 21.0. The van der Waals surface area contributed by atoms with E-state index >= 15 is 0 Å². The van der Waals surface area contributed by atoms with Gasteiger partial charge in [0.1, 0.15) is 4.48 Å². The van der Waals surface area contributed by atoms with Gasteiger partial charge in [-0.1, -0.05) is 18.2 Å². The van der Waals surface area contributed by atoms with E-state index < -0.39 is 55.0 Å². The minimum atomic E-state index is -2.95. The van der Waals surface area contributed by atoms with Crippen LogP contribution in [0.2, 0.25) is 0 Å². The Morgan fingerprint density at radius 2 is 1.48 bits per heavy atom. The lowest BCUT2D eigenvalue weighted by Crippen LogP contribution is -2.13. The number of benzene rings is 2. The number of halogens is 6. The predicted molar refractivity (Wildman–Crippen MR) is 90.1 cm³/mol. The molecule has 0 radical (unpaired) electrons. The molecule has 0 aromatic heterocycles. The van der Waals surface area contributed by atoms with E-state index in [0.717, 1.165) is 6.20 Å². The van der Waals surface area contributed by atoms with Crippen LogP contribution in [0.1, 0.15) is 0 Å². The molecule has 144 valence electrons. The summed E-state index contributed by atoms with van der Waals surface area (Å²) in [6.45, 7) is 0. The van der Waals surface area contributed by atoms with Crippen molar-refractivity contribution < 1.29 is 35.7 Å². The van der Waals surface area contributed by atoms with Gasteiger partial charge in [0.15, 0.2) is 0 Å². The second-order valence-electron chi connectivity index (χ2n) is 4.99. The molecule has 4 nitrogen and oxygen atoms in total. The van der Waals surface area contributed by atoms with Crippen molar-refractivity contribution in [3.05, 3.63) is 70.1 Å². The Morgan fingerprint density at radius 3 is 2.00 bits per heavy atom. The molecule has 1 unspecified atom stereocenters. The summed E-state index contributed by atoms with van der Waals surface area (Å²) in [5.74, 6) is -14.8. The summed E-state index contributed by atoms with van der Waals surface area (Å²) in [5, 5.41) is 0. The first-order valence-corrected chi connectivity index (χ1v) is 9.63. The molecule has 0 aliphatic rings. The lowest BCUT2D eigenvalue weighted by molar-refractivity contribution is -0.129. The summed E-state index contributed by atoms with van der Waals surface area (Å²) in [5.41, 5.74) is 0. The number of carbonyl (C=O) groups excluding carboxylic acids is 1. The second kappa shape index (κ2) is 8.17. The van der Waals surface area contributed by atoms with Gasteiger partial charge in [0.2, 0.25) is 34.8 Å². The van der Waals surface area contributed by atoms with Crippen molar-refractivity contribution in [3.8, 4) is 5.75 Å². The van der Waals surface area contributed by atoms with Crippen LogP contribution in [0.5, 0.6) is 5.75 Å². The molecule has 2 aromatic carbocycles. The van der Waals surface area contributed by atoms with Gasteiger partial charge in [0.05, 0.1) is 15.9 Å². The fourth-order valence-electron chi connectivity index (χ4n) is 1.75. The summed E-state index contributed by atoms with van der Waals surface area (Å²) >= 11 is 2.69. The van der Waals surface area contributed by atoms with Gasteiger partial charge in [-0.25, -0.2) is 26.5 Å². The molecule has 0 amide bonds. The highest BCUT2D eigenvalue weighted by atomic mass is 79.9. The van der Waals surface area contributed by atoms with Crippen molar-refractivity contribution in [2.24, 2.45) is 4.36 Å². The number of hydrogen-bond acceptors (Lipinski definition) is 4. The van der Waals surface area contributed by atoms with Crippen LogP contribution in [0.25, 0.3) is 0 Å². The number of ether oxygens (including phenoxy) is 1. The lowest BCUT2D eigenvalue weighted by Gasteiger charge is -2.08. The maximum atomic E-state index is 13.5. The van der Waals surface area contributed by atoms with E-state index in [2.05, 4.69) is 25.0 Å². The Labute approximate surface area is 159 Å². The summed E-state index contributed by atoms with van der Waals surface area (Å²) in [7, 11) is -2.95. The SMILES string of the molecule is CS(=O)(=N/C=C(\Br)C(=O)Oc1c(F)c(F)c(F)c(F)c1F)c1ccccc1. The van der Waals surface area contributed by atoms with Crippen LogP contribution in [0.3, 0.4) is 0 Å². The van der Waals surface area contributed by atoms with Crippen LogP contribution in [0.4, 0.5) is 22.0 Å². The summed E-state index contributed by atoms with van der Waals surface area (Å²) in [6, 6.07) is 7.97. The van der Waals surface area contributed by atoms with Crippen LogP contribution in [-0.4, -0.2) is 16.4 Å². The predicted octanol–water partition coefficient (Wildman–Crippen LogP) is 4.68. The molecule has 27 heavy (non-hydrogen) atoms. The van der Waals surface area contributed by atoms with Crippen LogP contribution < -0.4 is 4.74 Å². The molecular weight excluding hydrogens is 461 g/mol. The van der Waals surface area contributed by atoms with Gasteiger partial charge in [-0.15, -0.1) is 0 Å². The van der Waals surface area contributed by atoms with E-state index in [-0.39, 0.29) is 0 Å². The number of nitrogens with zero attached hydrogens (tertiary/aromatic N) is 1. The average Bonchev–Trinajstić information content (AvgIpc) is 2.66. The monoisotopic (exact) mass is 469 g/mol. The maximum absolute atomic E-state index is 13.5.